The monoisotopic (exact) mass is 296 g/mol. The summed E-state index contributed by atoms with van der Waals surface area (Å²) in [4.78, 5) is 13.9. The average Bonchev–Trinajstić information content (AvgIpc) is 2.54. The first-order valence-electron chi connectivity index (χ1n) is 6.01. The minimum atomic E-state index is -0.486. The highest BCUT2D eigenvalue weighted by atomic mass is 79.9. The summed E-state index contributed by atoms with van der Waals surface area (Å²) in [6, 6.07) is 5.36. The Balaban J connectivity index is 2.23. The van der Waals surface area contributed by atoms with Gasteiger partial charge in [0.15, 0.2) is 0 Å². The van der Waals surface area contributed by atoms with Crippen LogP contribution in [0.4, 0.5) is 5.69 Å². The van der Waals surface area contributed by atoms with E-state index in [0.29, 0.717) is 0 Å². The Morgan fingerprint density at radius 3 is 2.88 bits per heavy atom. The number of nitrogens with two attached hydrogens (primary N) is 1. The molecule has 1 unspecified atom stereocenters. The lowest BCUT2D eigenvalue weighted by Crippen LogP contribution is -2.32. The highest BCUT2D eigenvalue weighted by molar-refractivity contribution is 9.10. The molecule has 92 valence electrons. The summed E-state index contributed by atoms with van der Waals surface area (Å²) >= 11 is 3.44. The van der Waals surface area contributed by atoms with E-state index >= 15 is 0 Å². The molecule has 0 fully saturated rings. The van der Waals surface area contributed by atoms with Crippen LogP contribution in [0.5, 0.6) is 0 Å². The minimum absolute atomic E-state index is 0.0224. The molecule has 1 aliphatic rings. The van der Waals surface area contributed by atoms with Gasteiger partial charge < -0.3 is 10.6 Å². The highest BCUT2D eigenvalue weighted by Gasteiger charge is 2.34. The standard InChI is InChI=1S/C13H17BrN2O/c1-2-3-4-7-16-11-8-9(14)5-6-10(11)12(15)13(16)17/h5-6,8,12H,2-4,7,15H2,1H3. The van der Waals surface area contributed by atoms with Gasteiger partial charge in [-0.05, 0) is 18.6 Å². The van der Waals surface area contributed by atoms with Gasteiger partial charge in [0, 0.05) is 16.6 Å². The zero-order valence-corrected chi connectivity index (χ0v) is 11.5. The lowest BCUT2D eigenvalue weighted by atomic mass is 10.1. The van der Waals surface area contributed by atoms with Crippen LogP contribution in [-0.4, -0.2) is 12.5 Å². The molecule has 1 heterocycles. The smallest absolute Gasteiger partial charge is 0.248 e. The molecule has 1 amide bonds. The van der Waals surface area contributed by atoms with Crippen molar-refractivity contribution in [3.05, 3.63) is 28.2 Å². The molecule has 1 atom stereocenters. The van der Waals surface area contributed by atoms with Gasteiger partial charge in [0.2, 0.25) is 5.91 Å². The van der Waals surface area contributed by atoms with Crippen LogP contribution in [0, 0.1) is 0 Å². The molecule has 0 aliphatic carbocycles. The quantitative estimate of drug-likeness (QED) is 0.868. The maximum Gasteiger partial charge on any atom is 0.248 e. The van der Waals surface area contributed by atoms with Gasteiger partial charge in [0.1, 0.15) is 6.04 Å². The van der Waals surface area contributed by atoms with Gasteiger partial charge in [-0.15, -0.1) is 0 Å². The first-order valence-corrected chi connectivity index (χ1v) is 6.81. The summed E-state index contributed by atoms with van der Waals surface area (Å²) in [6.07, 6.45) is 3.32. The van der Waals surface area contributed by atoms with Crippen molar-refractivity contribution >= 4 is 27.5 Å². The van der Waals surface area contributed by atoms with E-state index in [-0.39, 0.29) is 5.91 Å². The number of nitrogens with zero attached hydrogens (tertiary/aromatic N) is 1. The number of unbranched alkanes of at least 4 members (excludes halogenated alkanes) is 2. The number of amides is 1. The average molecular weight is 297 g/mol. The summed E-state index contributed by atoms with van der Waals surface area (Å²) in [6.45, 7) is 2.92. The molecule has 0 aromatic heterocycles. The van der Waals surface area contributed by atoms with Crippen LogP contribution >= 0.6 is 15.9 Å². The summed E-state index contributed by atoms with van der Waals surface area (Å²) in [5, 5.41) is 0. The van der Waals surface area contributed by atoms with Gasteiger partial charge in [-0.3, -0.25) is 4.79 Å². The second-order valence-corrected chi connectivity index (χ2v) is 5.29. The van der Waals surface area contributed by atoms with E-state index in [2.05, 4.69) is 22.9 Å². The summed E-state index contributed by atoms with van der Waals surface area (Å²) < 4.78 is 0.985. The molecule has 1 aromatic carbocycles. The van der Waals surface area contributed by atoms with Crippen LogP contribution < -0.4 is 10.6 Å². The number of carbonyl (C=O) groups is 1. The third-order valence-electron chi connectivity index (χ3n) is 3.14. The van der Waals surface area contributed by atoms with Crippen LogP contribution in [0.25, 0.3) is 0 Å². The molecule has 0 bridgehead atoms. The van der Waals surface area contributed by atoms with E-state index in [1.807, 2.05) is 23.1 Å². The Hall–Kier alpha value is -0.870. The second-order valence-electron chi connectivity index (χ2n) is 4.38. The SMILES string of the molecule is CCCCCN1C(=O)C(N)c2ccc(Br)cc21. The first-order chi connectivity index (χ1) is 8.15. The minimum Gasteiger partial charge on any atom is -0.316 e. The van der Waals surface area contributed by atoms with Crippen molar-refractivity contribution in [2.75, 3.05) is 11.4 Å². The zero-order valence-electron chi connectivity index (χ0n) is 9.95. The number of halogens is 1. The van der Waals surface area contributed by atoms with Gasteiger partial charge in [-0.1, -0.05) is 41.8 Å². The fourth-order valence-corrected chi connectivity index (χ4v) is 2.53. The highest BCUT2D eigenvalue weighted by Crippen LogP contribution is 2.36. The Morgan fingerprint density at radius 2 is 2.18 bits per heavy atom. The van der Waals surface area contributed by atoms with E-state index in [9.17, 15) is 4.79 Å². The second kappa shape index (κ2) is 5.19. The maximum atomic E-state index is 12.1. The van der Waals surface area contributed by atoms with E-state index < -0.39 is 6.04 Å². The molecule has 0 saturated carbocycles. The van der Waals surface area contributed by atoms with Gasteiger partial charge >= 0.3 is 0 Å². The predicted octanol–water partition coefficient (Wildman–Crippen LogP) is 2.99. The van der Waals surface area contributed by atoms with Crippen LogP contribution in [-0.2, 0) is 4.79 Å². The predicted molar refractivity (Wildman–Crippen MR) is 72.9 cm³/mol. The Bertz CT molecular complexity index is 433. The molecule has 2 rings (SSSR count). The van der Waals surface area contributed by atoms with Crippen molar-refractivity contribution in [1.29, 1.82) is 0 Å². The first kappa shape index (κ1) is 12.6. The third kappa shape index (κ3) is 2.38. The van der Waals surface area contributed by atoms with Crippen molar-refractivity contribution < 1.29 is 4.79 Å². The summed E-state index contributed by atoms with van der Waals surface area (Å²) in [5.41, 5.74) is 7.83. The van der Waals surface area contributed by atoms with Crippen LogP contribution in [0.3, 0.4) is 0 Å². The number of hydrogen-bond donors (Lipinski definition) is 1. The molecule has 1 aromatic rings. The molecule has 0 radical (unpaired) electrons. The van der Waals surface area contributed by atoms with Gasteiger partial charge in [-0.2, -0.15) is 0 Å². The lowest BCUT2D eigenvalue weighted by Gasteiger charge is -2.17. The summed E-state index contributed by atoms with van der Waals surface area (Å²) in [5.74, 6) is 0.0224. The molecular formula is C13H17BrN2O. The molecule has 2 N–H and O–H groups in total. The van der Waals surface area contributed by atoms with E-state index in [0.717, 1.165) is 41.5 Å². The summed E-state index contributed by atoms with van der Waals surface area (Å²) in [7, 11) is 0. The van der Waals surface area contributed by atoms with Gasteiger partial charge in [0.25, 0.3) is 0 Å². The van der Waals surface area contributed by atoms with Crippen LogP contribution in [0.2, 0.25) is 0 Å². The number of rotatable bonds is 4. The fraction of sp³-hybridized carbons (Fsp3) is 0.462. The molecular weight excluding hydrogens is 280 g/mol. The third-order valence-corrected chi connectivity index (χ3v) is 3.63. The number of carbonyl (C=O) groups excluding carboxylic acids is 1. The van der Waals surface area contributed by atoms with Gasteiger partial charge in [-0.25, -0.2) is 0 Å². The number of benzene rings is 1. The molecule has 0 saturated heterocycles. The van der Waals surface area contributed by atoms with Crippen molar-refractivity contribution in [1.82, 2.24) is 0 Å². The molecule has 4 heteroatoms. The number of anilines is 1. The van der Waals surface area contributed by atoms with Crippen LogP contribution in [0.1, 0.15) is 37.8 Å². The molecule has 1 aliphatic heterocycles. The zero-order chi connectivity index (χ0) is 12.4. The molecule has 0 spiro atoms. The van der Waals surface area contributed by atoms with E-state index in [1.165, 1.54) is 0 Å². The van der Waals surface area contributed by atoms with Crippen molar-refractivity contribution in [3.8, 4) is 0 Å². The van der Waals surface area contributed by atoms with Crippen molar-refractivity contribution in [3.63, 3.8) is 0 Å². The lowest BCUT2D eigenvalue weighted by molar-refractivity contribution is -0.119. The number of fused-ring (bicyclic) bond motifs is 1. The Morgan fingerprint density at radius 1 is 1.41 bits per heavy atom. The van der Waals surface area contributed by atoms with E-state index in [1.54, 1.807) is 0 Å². The topological polar surface area (TPSA) is 46.3 Å². The normalized spacial score (nSPS) is 18.6. The number of hydrogen-bond acceptors (Lipinski definition) is 2. The molecule has 3 nitrogen and oxygen atoms in total. The van der Waals surface area contributed by atoms with Crippen molar-refractivity contribution in [2.45, 2.75) is 32.2 Å². The Labute approximate surface area is 110 Å². The van der Waals surface area contributed by atoms with Gasteiger partial charge in [0.05, 0.1) is 5.69 Å². The largest absolute Gasteiger partial charge is 0.316 e. The fourth-order valence-electron chi connectivity index (χ4n) is 2.18. The van der Waals surface area contributed by atoms with Crippen LogP contribution in [0.15, 0.2) is 22.7 Å². The van der Waals surface area contributed by atoms with Crippen molar-refractivity contribution in [2.24, 2.45) is 5.73 Å². The van der Waals surface area contributed by atoms with E-state index in [4.69, 9.17) is 5.73 Å². The maximum absolute atomic E-state index is 12.1. The molecule has 17 heavy (non-hydrogen) atoms. The Kier molecular flexibility index (Phi) is 3.84.